The molecule has 96 valence electrons. The van der Waals surface area contributed by atoms with Gasteiger partial charge >= 0.3 is 0 Å². The molecule has 0 aliphatic rings. The first kappa shape index (κ1) is 14.4. The standard InChI is InChI=1S/C14H23NOS/c1-4-15-13(11-17-6-3)12-9-7-8-10-14(12)16-5-2/h7-10,13,15H,4-6,11H2,1-3H3. The van der Waals surface area contributed by atoms with Crippen LogP contribution in [0.1, 0.15) is 32.4 Å². The fourth-order valence-corrected chi connectivity index (χ4v) is 2.56. The van der Waals surface area contributed by atoms with Crippen molar-refractivity contribution in [3.63, 3.8) is 0 Å². The quantitative estimate of drug-likeness (QED) is 0.766. The second-order valence-corrected chi connectivity index (χ2v) is 5.06. The van der Waals surface area contributed by atoms with Crippen molar-refractivity contribution >= 4 is 11.8 Å². The van der Waals surface area contributed by atoms with E-state index >= 15 is 0 Å². The van der Waals surface area contributed by atoms with Crippen LogP contribution in [0.15, 0.2) is 24.3 Å². The first-order chi connectivity index (χ1) is 8.33. The van der Waals surface area contributed by atoms with Gasteiger partial charge in [-0.3, -0.25) is 0 Å². The zero-order chi connectivity index (χ0) is 12.5. The van der Waals surface area contributed by atoms with Gasteiger partial charge in [-0.25, -0.2) is 0 Å². The Labute approximate surface area is 109 Å². The predicted molar refractivity (Wildman–Crippen MR) is 77.0 cm³/mol. The third-order valence-electron chi connectivity index (χ3n) is 2.53. The Morgan fingerprint density at radius 1 is 1.24 bits per heavy atom. The molecule has 1 aromatic rings. The van der Waals surface area contributed by atoms with E-state index in [-0.39, 0.29) is 0 Å². The summed E-state index contributed by atoms with van der Waals surface area (Å²) in [7, 11) is 0. The molecule has 17 heavy (non-hydrogen) atoms. The SMILES string of the molecule is CCNC(CSCC)c1ccccc1OCC. The van der Waals surface area contributed by atoms with Crippen LogP contribution in [0.3, 0.4) is 0 Å². The summed E-state index contributed by atoms with van der Waals surface area (Å²) in [6, 6.07) is 8.71. The lowest BCUT2D eigenvalue weighted by molar-refractivity contribution is 0.333. The average Bonchev–Trinajstić information content (AvgIpc) is 2.36. The van der Waals surface area contributed by atoms with Crippen molar-refractivity contribution in [2.45, 2.75) is 26.8 Å². The van der Waals surface area contributed by atoms with E-state index in [4.69, 9.17) is 4.74 Å². The molecule has 1 rings (SSSR count). The fourth-order valence-electron chi connectivity index (χ4n) is 1.80. The van der Waals surface area contributed by atoms with Crippen LogP contribution in [-0.2, 0) is 0 Å². The Bertz CT molecular complexity index is 317. The maximum absolute atomic E-state index is 5.70. The number of thioether (sulfide) groups is 1. The summed E-state index contributed by atoms with van der Waals surface area (Å²) >= 11 is 1.96. The van der Waals surface area contributed by atoms with Crippen molar-refractivity contribution in [2.24, 2.45) is 0 Å². The second kappa shape index (κ2) is 8.43. The van der Waals surface area contributed by atoms with Crippen molar-refractivity contribution < 1.29 is 4.74 Å². The van der Waals surface area contributed by atoms with Crippen molar-refractivity contribution in [3.05, 3.63) is 29.8 Å². The molecule has 0 amide bonds. The molecule has 0 bridgehead atoms. The van der Waals surface area contributed by atoms with E-state index in [9.17, 15) is 0 Å². The van der Waals surface area contributed by atoms with Gasteiger partial charge < -0.3 is 10.1 Å². The summed E-state index contributed by atoms with van der Waals surface area (Å²) < 4.78 is 5.70. The lowest BCUT2D eigenvalue weighted by Gasteiger charge is -2.20. The molecule has 2 nitrogen and oxygen atoms in total. The first-order valence-electron chi connectivity index (χ1n) is 6.36. The van der Waals surface area contributed by atoms with Crippen LogP contribution in [0.2, 0.25) is 0 Å². The van der Waals surface area contributed by atoms with Gasteiger partial charge in [0, 0.05) is 17.4 Å². The van der Waals surface area contributed by atoms with Gasteiger partial charge in [0.1, 0.15) is 5.75 Å². The van der Waals surface area contributed by atoms with Gasteiger partial charge in [-0.1, -0.05) is 32.0 Å². The third kappa shape index (κ3) is 4.60. The van der Waals surface area contributed by atoms with Crippen LogP contribution >= 0.6 is 11.8 Å². The van der Waals surface area contributed by atoms with Crippen LogP contribution in [0.5, 0.6) is 5.75 Å². The molecule has 0 radical (unpaired) electrons. The maximum Gasteiger partial charge on any atom is 0.124 e. The minimum Gasteiger partial charge on any atom is -0.494 e. The van der Waals surface area contributed by atoms with Crippen LogP contribution in [0.25, 0.3) is 0 Å². The van der Waals surface area contributed by atoms with Crippen molar-refractivity contribution in [1.29, 1.82) is 0 Å². The van der Waals surface area contributed by atoms with E-state index in [0.29, 0.717) is 6.04 Å². The Morgan fingerprint density at radius 2 is 2.00 bits per heavy atom. The maximum atomic E-state index is 5.70. The third-order valence-corrected chi connectivity index (χ3v) is 3.51. The summed E-state index contributed by atoms with van der Waals surface area (Å²) in [5.41, 5.74) is 1.28. The average molecular weight is 253 g/mol. The molecule has 0 saturated heterocycles. The largest absolute Gasteiger partial charge is 0.494 e. The molecular weight excluding hydrogens is 230 g/mol. The first-order valence-corrected chi connectivity index (χ1v) is 7.51. The van der Waals surface area contributed by atoms with Gasteiger partial charge in [-0.05, 0) is 25.3 Å². The number of hydrogen-bond donors (Lipinski definition) is 1. The van der Waals surface area contributed by atoms with E-state index in [1.807, 2.05) is 24.8 Å². The highest BCUT2D eigenvalue weighted by molar-refractivity contribution is 7.99. The molecule has 3 heteroatoms. The molecular formula is C14H23NOS. The van der Waals surface area contributed by atoms with E-state index in [1.54, 1.807) is 0 Å². The molecule has 0 aliphatic heterocycles. The summed E-state index contributed by atoms with van der Waals surface area (Å²) in [5, 5.41) is 3.53. The number of nitrogens with one attached hydrogen (secondary N) is 1. The van der Waals surface area contributed by atoms with E-state index in [0.717, 1.165) is 30.4 Å². The molecule has 0 aliphatic carbocycles. The lowest BCUT2D eigenvalue weighted by atomic mass is 10.1. The van der Waals surface area contributed by atoms with Gasteiger partial charge in [0.2, 0.25) is 0 Å². The smallest absolute Gasteiger partial charge is 0.124 e. The van der Waals surface area contributed by atoms with Crippen LogP contribution in [0.4, 0.5) is 0 Å². The molecule has 1 unspecified atom stereocenters. The minimum absolute atomic E-state index is 0.382. The highest BCUT2D eigenvalue weighted by atomic mass is 32.2. The molecule has 0 saturated carbocycles. The Morgan fingerprint density at radius 3 is 2.65 bits per heavy atom. The molecule has 0 aromatic heterocycles. The Kier molecular flexibility index (Phi) is 7.13. The number of hydrogen-bond acceptors (Lipinski definition) is 3. The molecule has 0 fully saturated rings. The van der Waals surface area contributed by atoms with Gasteiger partial charge in [0.15, 0.2) is 0 Å². The minimum atomic E-state index is 0.382. The summed E-state index contributed by atoms with van der Waals surface area (Å²) in [5.74, 6) is 3.25. The summed E-state index contributed by atoms with van der Waals surface area (Å²) in [4.78, 5) is 0. The van der Waals surface area contributed by atoms with Gasteiger partial charge in [-0.15, -0.1) is 0 Å². The molecule has 1 N–H and O–H groups in total. The molecule has 0 spiro atoms. The highest BCUT2D eigenvalue weighted by Crippen LogP contribution is 2.27. The normalized spacial score (nSPS) is 12.4. The van der Waals surface area contributed by atoms with Gasteiger partial charge in [0.05, 0.1) is 6.61 Å². The van der Waals surface area contributed by atoms with Crippen molar-refractivity contribution in [3.8, 4) is 5.75 Å². The number of benzene rings is 1. The van der Waals surface area contributed by atoms with Crippen LogP contribution in [-0.4, -0.2) is 24.7 Å². The highest BCUT2D eigenvalue weighted by Gasteiger charge is 2.14. The van der Waals surface area contributed by atoms with E-state index in [1.165, 1.54) is 5.56 Å². The molecule has 0 heterocycles. The lowest BCUT2D eigenvalue weighted by Crippen LogP contribution is -2.23. The number of para-hydroxylation sites is 1. The van der Waals surface area contributed by atoms with Crippen LogP contribution in [0, 0.1) is 0 Å². The Hall–Kier alpha value is -0.670. The number of ether oxygens (including phenoxy) is 1. The topological polar surface area (TPSA) is 21.3 Å². The molecule has 1 atom stereocenters. The van der Waals surface area contributed by atoms with Crippen molar-refractivity contribution in [2.75, 3.05) is 24.7 Å². The number of rotatable bonds is 8. The predicted octanol–water partition coefficient (Wildman–Crippen LogP) is 3.49. The monoisotopic (exact) mass is 253 g/mol. The van der Waals surface area contributed by atoms with Gasteiger partial charge in [-0.2, -0.15) is 11.8 Å². The summed E-state index contributed by atoms with van der Waals surface area (Å²) in [6.45, 7) is 8.07. The zero-order valence-electron chi connectivity index (χ0n) is 11.0. The summed E-state index contributed by atoms with van der Waals surface area (Å²) in [6.07, 6.45) is 0. The van der Waals surface area contributed by atoms with Crippen LogP contribution < -0.4 is 10.1 Å². The van der Waals surface area contributed by atoms with E-state index < -0.39 is 0 Å². The van der Waals surface area contributed by atoms with Gasteiger partial charge in [0.25, 0.3) is 0 Å². The van der Waals surface area contributed by atoms with Crippen molar-refractivity contribution in [1.82, 2.24) is 5.32 Å². The van der Waals surface area contributed by atoms with E-state index in [2.05, 4.69) is 37.4 Å². The molecule has 1 aromatic carbocycles. The fraction of sp³-hybridized carbons (Fsp3) is 0.571. The Balaban J connectivity index is 2.83. The second-order valence-electron chi connectivity index (χ2n) is 3.74. The zero-order valence-corrected chi connectivity index (χ0v) is 11.8.